The van der Waals surface area contributed by atoms with E-state index in [2.05, 4.69) is 34.4 Å². The molecule has 0 atom stereocenters. The molecule has 0 radical (unpaired) electrons. The second-order valence-corrected chi connectivity index (χ2v) is 6.19. The van der Waals surface area contributed by atoms with Crippen LogP contribution in [-0.2, 0) is 0 Å². The van der Waals surface area contributed by atoms with Gasteiger partial charge in [-0.3, -0.25) is 0 Å². The summed E-state index contributed by atoms with van der Waals surface area (Å²) in [6, 6.07) is 5.18. The minimum Gasteiger partial charge on any atom is -0.393 e. The van der Waals surface area contributed by atoms with Crippen molar-refractivity contribution in [3.8, 4) is 0 Å². The summed E-state index contributed by atoms with van der Waals surface area (Å²) in [4.78, 5) is 8.33. The SMILES string of the molecule is CC(C)CCNc1ncnc(Nc2ccc(Cl)cc2Cl)c1N. The molecule has 0 saturated heterocycles. The summed E-state index contributed by atoms with van der Waals surface area (Å²) in [5.41, 5.74) is 7.25. The van der Waals surface area contributed by atoms with E-state index in [1.807, 2.05) is 0 Å². The van der Waals surface area contributed by atoms with Crippen molar-refractivity contribution in [2.45, 2.75) is 20.3 Å². The molecular formula is C15H19Cl2N5. The predicted molar refractivity (Wildman–Crippen MR) is 94.1 cm³/mol. The summed E-state index contributed by atoms with van der Waals surface area (Å²) >= 11 is 12.0. The molecule has 0 bridgehead atoms. The number of hydrogen-bond donors (Lipinski definition) is 3. The molecular weight excluding hydrogens is 321 g/mol. The first-order valence-corrected chi connectivity index (χ1v) is 7.79. The molecule has 2 rings (SSSR count). The molecule has 4 N–H and O–H groups in total. The van der Waals surface area contributed by atoms with Crippen LogP contribution in [0.25, 0.3) is 0 Å². The third kappa shape index (κ3) is 4.39. The van der Waals surface area contributed by atoms with E-state index in [0.717, 1.165) is 13.0 Å². The fourth-order valence-corrected chi connectivity index (χ4v) is 2.29. The number of anilines is 4. The van der Waals surface area contributed by atoms with Crippen molar-refractivity contribution in [1.29, 1.82) is 0 Å². The molecule has 118 valence electrons. The molecule has 0 aliphatic carbocycles. The third-order valence-corrected chi connectivity index (χ3v) is 3.63. The molecule has 22 heavy (non-hydrogen) atoms. The van der Waals surface area contributed by atoms with E-state index in [1.54, 1.807) is 18.2 Å². The van der Waals surface area contributed by atoms with Gasteiger partial charge in [-0.2, -0.15) is 0 Å². The minimum atomic E-state index is 0.456. The molecule has 0 saturated carbocycles. The average Bonchev–Trinajstić information content (AvgIpc) is 2.45. The number of nitrogens with zero attached hydrogens (tertiary/aromatic N) is 2. The van der Waals surface area contributed by atoms with E-state index < -0.39 is 0 Å². The van der Waals surface area contributed by atoms with Crippen LogP contribution < -0.4 is 16.4 Å². The van der Waals surface area contributed by atoms with E-state index in [4.69, 9.17) is 28.9 Å². The van der Waals surface area contributed by atoms with E-state index in [0.29, 0.717) is 39.0 Å². The van der Waals surface area contributed by atoms with Gasteiger partial charge in [0.15, 0.2) is 11.6 Å². The van der Waals surface area contributed by atoms with Crippen molar-refractivity contribution in [3.05, 3.63) is 34.6 Å². The normalized spacial score (nSPS) is 10.8. The van der Waals surface area contributed by atoms with Crippen molar-refractivity contribution < 1.29 is 0 Å². The minimum absolute atomic E-state index is 0.456. The van der Waals surface area contributed by atoms with Crippen LogP contribution in [0.5, 0.6) is 0 Å². The summed E-state index contributed by atoms with van der Waals surface area (Å²) in [5, 5.41) is 7.40. The Morgan fingerprint density at radius 3 is 2.59 bits per heavy atom. The molecule has 0 aliphatic rings. The number of aromatic nitrogens is 2. The number of benzene rings is 1. The van der Waals surface area contributed by atoms with Crippen LogP contribution in [0.2, 0.25) is 10.0 Å². The predicted octanol–water partition coefficient (Wildman–Crippen LogP) is 4.57. The van der Waals surface area contributed by atoms with Crippen LogP contribution in [0.3, 0.4) is 0 Å². The second kappa shape index (κ2) is 7.51. The maximum atomic E-state index is 6.14. The molecule has 5 nitrogen and oxygen atoms in total. The maximum Gasteiger partial charge on any atom is 0.159 e. The zero-order valence-corrected chi connectivity index (χ0v) is 14.0. The molecule has 1 aromatic carbocycles. The average molecular weight is 340 g/mol. The van der Waals surface area contributed by atoms with Crippen molar-refractivity contribution in [2.75, 3.05) is 22.9 Å². The van der Waals surface area contributed by atoms with Gasteiger partial charge in [0.2, 0.25) is 0 Å². The van der Waals surface area contributed by atoms with Gasteiger partial charge in [-0.15, -0.1) is 0 Å². The van der Waals surface area contributed by atoms with E-state index in [1.165, 1.54) is 6.33 Å². The first-order valence-electron chi connectivity index (χ1n) is 7.03. The number of nitrogen functional groups attached to an aromatic ring is 1. The zero-order chi connectivity index (χ0) is 16.1. The van der Waals surface area contributed by atoms with Crippen molar-refractivity contribution >= 4 is 46.2 Å². The smallest absolute Gasteiger partial charge is 0.159 e. The van der Waals surface area contributed by atoms with Gasteiger partial charge in [-0.05, 0) is 30.5 Å². The summed E-state index contributed by atoms with van der Waals surface area (Å²) < 4.78 is 0. The number of halogens is 2. The topological polar surface area (TPSA) is 75.9 Å². The molecule has 0 unspecified atom stereocenters. The lowest BCUT2D eigenvalue weighted by molar-refractivity contribution is 0.606. The largest absolute Gasteiger partial charge is 0.393 e. The Morgan fingerprint density at radius 1 is 1.18 bits per heavy atom. The summed E-state index contributed by atoms with van der Waals surface area (Å²) in [7, 11) is 0. The van der Waals surface area contributed by atoms with Gasteiger partial charge < -0.3 is 16.4 Å². The van der Waals surface area contributed by atoms with E-state index >= 15 is 0 Å². The highest BCUT2D eigenvalue weighted by molar-refractivity contribution is 6.36. The molecule has 0 amide bonds. The Kier molecular flexibility index (Phi) is 5.69. The first-order chi connectivity index (χ1) is 10.5. The fraction of sp³-hybridized carbons (Fsp3) is 0.333. The Labute approximate surface area is 140 Å². The fourth-order valence-electron chi connectivity index (χ4n) is 1.83. The molecule has 0 spiro atoms. The lowest BCUT2D eigenvalue weighted by atomic mass is 10.1. The van der Waals surface area contributed by atoms with Gasteiger partial charge in [0.25, 0.3) is 0 Å². The monoisotopic (exact) mass is 339 g/mol. The molecule has 0 aliphatic heterocycles. The number of rotatable bonds is 6. The molecule has 0 fully saturated rings. The zero-order valence-electron chi connectivity index (χ0n) is 12.5. The van der Waals surface area contributed by atoms with Crippen LogP contribution in [0.4, 0.5) is 23.0 Å². The summed E-state index contributed by atoms with van der Waals surface area (Å²) in [6.45, 7) is 5.14. The van der Waals surface area contributed by atoms with Crippen molar-refractivity contribution in [3.63, 3.8) is 0 Å². The van der Waals surface area contributed by atoms with Crippen LogP contribution >= 0.6 is 23.2 Å². The number of hydrogen-bond acceptors (Lipinski definition) is 5. The third-order valence-electron chi connectivity index (χ3n) is 3.08. The van der Waals surface area contributed by atoms with Gasteiger partial charge in [0.1, 0.15) is 12.0 Å². The molecule has 2 aromatic rings. The highest BCUT2D eigenvalue weighted by atomic mass is 35.5. The first kappa shape index (κ1) is 16.6. The summed E-state index contributed by atoms with van der Waals surface area (Å²) in [6.07, 6.45) is 2.50. The van der Waals surface area contributed by atoms with Gasteiger partial charge in [0.05, 0.1) is 10.7 Å². The van der Waals surface area contributed by atoms with Gasteiger partial charge in [-0.1, -0.05) is 37.0 Å². The van der Waals surface area contributed by atoms with Gasteiger partial charge in [-0.25, -0.2) is 9.97 Å². The van der Waals surface area contributed by atoms with Gasteiger partial charge in [0, 0.05) is 11.6 Å². The molecule has 1 aromatic heterocycles. The van der Waals surface area contributed by atoms with E-state index in [-0.39, 0.29) is 0 Å². The second-order valence-electron chi connectivity index (χ2n) is 5.34. The number of nitrogens with two attached hydrogens (primary N) is 1. The highest BCUT2D eigenvalue weighted by Gasteiger charge is 2.10. The standard InChI is InChI=1S/C15H19Cl2N5/c1-9(2)5-6-19-14-13(18)15(21-8-20-14)22-12-4-3-10(16)7-11(12)17/h3-4,7-9H,5-6,18H2,1-2H3,(H2,19,20,21,22). The summed E-state index contributed by atoms with van der Waals surface area (Å²) in [5.74, 6) is 1.73. The van der Waals surface area contributed by atoms with Crippen LogP contribution in [0.15, 0.2) is 24.5 Å². The Balaban J connectivity index is 2.14. The quantitative estimate of drug-likeness (QED) is 0.718. The molecule has 1 heterocycles. The van der Waals surface area contributed by atoms with Crippen molar-refractivity contribution in [2.24, 2.45) is 5.92 Å². The molecule has 7 heteroatoms. The van der Waals surface area contributed by atoms with E-state index in [9.17, 15) is 0 Å². The lowest BCUT2D eigenvalue weighted by Gasteiger charge is -2.14. The van der Waals surface area contributed by atoms with Crippen LogP contribution in [-0.4, -0.2) is 16.5 Å². The highest BCUT2D eigenvalue weighted by Crippen LogP contribution is 2.31. The Morgan fingerprint density at radius 2 is 1.91 bits per heavy atom. The van der Waals surface area contributed by atoms with Crippen molar-refractivity contribution in [1.82, 2.24) is 9.97 Å². The Hall–Kier alpha value is -1.72. The maximum absolute atomic E-state index is 6.14. The van der Waals surface area contributed by atoms with Gasteiger partial charge >= 0.3 is 0 Å². The van der Waals surface area contributed by atoms with Crippen LogP contribution in [0.1, 0.15) is 20.3 Å². The van der Waals surface area contributed by atoms with Crippen LogP contribution in [0, 0.1) is 5.92 Å². The lowest BCUT2D eigenvalue weighted by Crippen LogP contribution is -2.10. The number of nitrogens with one attached hydrogen (secondary N) is 2. The Bertz CT molecular complexity index is 646.